The number of carbonyl (C=O) groups excluding carboxylic acids is 1. The van der Waals surface area contributed by atoms with Crippen LogP contribution in [0.4, 0.5) is 4.79 Å². The van der Waals surface area contributed by atoms with Crippen LogP contribution in [0.3, 0.4) is 0 Å². The van der Waals surface area contributed by atoms with Crippen molar-refractivity contribution in [3.8, 4) is 0 Å². The summed E-state index contributed by atoms with van der Waals surface area (Å²) in [5.41, 5.74) is 0.972. The van der Waals surface area contributed by atoms with E-state index >= 15 is 0 Å². The van der Waals surface area contributed by atoms with Gasteiger partial charge < -0.3 is 15.7 Å². The molecule has 1 aromatic rings. The molecule has 1 fully saturated rings. The van der Waals surface area contributed by atoms with Crippen molar-refractivity contribution in [1.29, 1.82) is 0 Å². The van der Waals surface area contributed by atoms with Gasteiger partial charge in [0.1, 0.15) is 0 Å². The highest BCUT2D eigenvalue weighted by molar-refractivity contribution is 5.87. The molecule has 0 unspecified atom stereocenters. The number of pyridine rings is 1. The molecule has 1 heterocycles. The Kier molecular flexibility index (Phi) is 4.77. The highest BCUT2D eigenvalue weighted by Gasteiger charge is 2.35. The standard InChI is InChI=1S/C15H21N3O3/c1-2-15(5-3-6-15)10-18-14(21)17-9-12-8-11(13(19)20)4-7-16-12/h4,7-8H,2-3,5-6,9-10H2,1H3,(H,19,20)(H2,17,18,21). The van der Waals surface area contributed by atoms with E-state index in [9.17, 15) is 9.59 Å². The van der Waals surface area contributed by atoms with E-state index in [2.05, 4.69) is 22.5 Å². The van der Waals surface area contributed by atoms with Crippen molar-refractivity contribution >= 4 is 12.0 Å². The minimum Gasteiger partial charge on any atom is -0.478 e. The summed E-state index contributed by atoms with van der Waals surface area (Å²) in [6, 6.07) is 2.65. The second-order valence-electron chi connectivity index (χ2n) is 5.58. The van der Waals surface area contributed by atoms with Gasteiger partial charge in [0.15, 0.2) is 0 Å². The summed E-state index contributed by atoms with van der Waals surface area (Å²) in [7, 11) is 0. The molecule has 1 aliphatic rings. The van der Waals surface area contributed by atoms with Crippen molar-refractivity contribution in [2.24, 2.45) is 5.41 Å². The predicted octanol–water partition coefficient (Wildman–Crippen LogP) is 2.16. The van der Waals surface area contributed by atoms with E-state index in [1.54, 1.807) is 0 Å². The zero-order valence-electron chi connectivity index (χ0n) is 12.2. The van der Waals surface area contributed by atoms with Crippen LogP contribution in [0.2, 0.25) is 0 Å². The van der Waals surface area contributed by atoms with Gasteiger partial charge in [0.2, 0.25) is 0 Å². The molecule has 3 N–H and O–H groups in total. The molecule has 6 heteroatoms. The number of nitrogens with one attached hydrogen (secondary N) is 2. The molecule has 2 amide bonds. The lowest BCUT2D eigenvalue weighted by Gasteiger charge is -2.41. The topological polar surface area (TPSA) is 91.3 Å². The van der Waals surface area contributed by atoms with Crippen LogP contribution in [-0.2, 0) is 6.54 Å². The minimum absolute atomic E-state index is 0.168. The third kappa shape index (κ3) is 3.93. The number of urea groups is 1. The third-order valence-electron chi connectivity index (χ3n) is 4.28. The molecule has 0 atom stereocenters. The first-order chi connectivity index (χ1) is 10.0. The number of hydrogen-bond donors (Lipinski definition) is 3. The maximum atomic E-state index is 11.8. The van der Waals surface area contributed by atoms with Crippen molar-refractivity contribution < 1.29 is 14.7 Å². The van der Waals surface area contributed by atoms with E-state index in [-0.39, 0.29) is 23.6 Å². The quantitative estimate of drug-likeness (QED) is 0.749. The average Bonchev–Trinajstić information content (AvgIpc) is 2.44. The maximum absolute atomic E-state index is 11.8. The summed E-state index contributed by atoms with van der Waals surface area (Å²) < 4.78 is 0. The van der Waals surface area contributed by atoms with E-state index in [1.807, 2.05) is 0 Å². The summed E-state index contributed by atoms with van der Waals surface area (Å²) in [5.74, 6) is -1.00. The van der Waals surface area contributed by atoms with Crippen molar-refractivity contribution in [3.05, 3.63) is 29.6 Å². The molecule has 114 valence electrons. The van der Waals surface area contributed by atoms with Gasteiger partial charge >= 0.3 is 12.0 Å². The summed E-state index contributed by atoms with van der Waals surface area (Å²) in [4.78, 5) is 26.7. The number of rotatable bonds is 6. The van der Waals surface area contributed by atoms with Crippen LogP contribution in [0.15, 0.2) is 18.3 Å². The molecule has 0 saturated heterocycles. The molecule has 0 aliphatic heterocycles. The fourth-order valence-electron chi connectivity index (χ4n) is 2.54. The van der Waals surface area contributed by atoms with Gasteiger partial charge in [0, 0.05) is 12.7 Å². The van der Waals surface area contributed by atoms with Crippen LogP contribution < -0.4 is 10.6 Å². The first-order valence-corrected chi connectivity index (χ1v) is 7.25. The largest absolute Gasteiger partial charge is 0.478 e. The second-order valence-corrected chi connectivity index (χ2v) is 5.58. The van der Waals surface area contributed by atoms with Crippen molar-refractivity contribution in [2.75, 3.05) is 6.54 Å². The summed E-state index contributed by atoms with van der Waals surface area (Å²) in [5, 5.41) is 14.5. The zero-order chi connectivity index (χ0) is 15.3. The van der Waals surface area contributed by atoms with Crippen LogP contribution in [0.25, 0.3) is 0 Å². The van der Waals surface area contributed by atoms with Crippen molar-refractivity contribution in [1.82, 2.24) is 15.6 Å². The van der Waals surface area contributed by atoms with E-state index in [1.165, 1.54) is 37.6 Å². The SMILES string of the molecule is CCC1(CNC(=O)NCc2cc(C(=O)O)ccn2)CCC1. The highest BCUT2D eigenvalue weighted by atomic mass is 16.4. The lowest BCUT2D eigenvalue weighted by atomic mass is 9.67. The van der Waals surface area contributed by atoms with Gasteiger partial charge in [-0.2, -0.15) is 0 Å². The van der Waals surface area contributed by atoms with Gasteiger partial charge in [0.25, 0.3) is 0 Å². The van der Waals surface area contributed by atoms with Gasteiger partial charge in [-0.1, -0.05) is 13.3 Å². The van der Waals surface area contributed by atoms with Gasteiger partial charge in [-0.25, -0.2) is 9.59 Å². The number of aromatic carboxylic acids is 1. The molecule has 2 rings (SSSR count). The fourth-order valence-corrected chi connectivity index (χ4v) is 2.54. The smallest absolute Gasteiger partial charge is 0.335 e. The summed E-state index contributed by atoms with van der Waals surface area (Å²) in [6.45, 7) is 3.06. The molecule has 1 aliphatic carbocycles. The first-order valence-electron chi connectivity index (χ1n) is 7.25. The van der Waals surface area contributed by atoms with Gasteiger partial charge in [-0.3, -0.25) is 4.98 Å². The lowest BCUT2D eigenvalue weighted by molar-refractivity contribution is 0.0696. The molecule has 0 aromatic carbocycles. The van der Waals surface area contributed by atoms with E-state index in [4.69, 9.17) is 5.11 Å². The monoisotopic (exact) mass is 291 g/mol. The zero-order valence-corrected chi connectivity index (χ0v) is 12.2. The molecular formula is C15H21N3O3. The Morgan fingerprint density at radius 1 is 1.38 bits per heavy atom. The van der Waals surface area contributed by atoms with Gasteiger partial charge in [-0.05, 0) is 36.8 Å². The minimum atomic E-state index is -1.00. The van der Waals surface area contributed by atoms with Gasteiger partial charge in [-0.15, -0.1) is 0 Å². The third-order valence-corrected chi connectivity index (χ3v) is 4.28. The molecule has 6 nitrogen and oxygen atoms in total. The Bertz CT molecular complexity index is 521. The molecule has 0 spiro atoms. The van der Waals surface area contributed by atoms with Crippen molar-refractivity contribution in [3.63, 3.8) is 0 Å². The number of carbonyl (C=O) groups is 2. The van der Waals surface area contributed by atoms with E-state index in [0.29, 0.717) is 12.2 Å². The Hall–Kier alpha value is -2.11. The maximum Gasteiger partial charge on any atom is 0.335 e. The second kappa shape index (κ2) is 6.56. The summed E-state index contributed by atoms with van der Waals surface area (Å²) in [6.07, 6.45) is 6.09. The number of aromatic nitrogens is 1. The van der Waals surface area contributed by atoms with Crippen molar-refractivity contribution in [2.45, 2.75) is 39.2 Å². The van der Waals surface area contributed by atoms with Crippen LogP contribution in [0.5, 0.6) is 0 Å². The first kappa shape index (κ1) is 15.3. The van der Waals surface area contributed by atoms with Crippen LogP contribution in [-0.4, -0.2) is 28.6 Å². The summed E-state index contributed by atoms with van der Waals surface area (Å²) >= 11 is 0. The molecule has 0 radical (unpaired) electrons. The Labute approximate surface area is 124 Å². The number of carboxylic acid groups (broad SMARTS) is 1. The number of carboxylic acids is 1. The van der Waals surface area contributed by atoms with Crippen LogP contribution in [0.1, 0.15) is 48.7 Å². The van der Waals surface area contributed by atoms with E-state index < -0.39 is 5.97 Å². The Morgan fingerprint density at radius 3 is 2.71 bits per heavy atom. The Balaban J connectivity index is 1.78. The molecule has 1 aromatic heterocycles. The predicted molar refractivity (Wildman–Crippen MR) is 78.0 cm³/mol. The lowest BCUT2D eigenvalue weighted by Crippen LogP contribution is -2.45. The van der Waals surface area contributed by atoms with Gasteiger partial charge in [0.05, 0.1) is 17.8 Å². The molecule has 21 heavy (non-hydrogen) atoms. The Morgan fingerprint density at radius 2 is 2.14 bits per heavy atom. The van der Waals surface area contributed by atoms with Crippen LogP contribution >= 0.6 is 0 Å². The number of hydrogen-bond acceptors (Lipinski definition) is 3. The van der Waals surface area contributed by atoms with Crippen LogP contribution in [0, 0.1) is 5.41 Å². The highest BCUT2D eigenvalue weighted by Crippen LogP contribution is 2.42. The molecule has 1 saturated carbocycles. The van der Waals surface area contributed by atoms with E-state index in [0.717, 1.165) is 6.42 Å². The molecule has 0 bridgehead atoms. The number of nitrogens with zero attached hydrogens (tertiary/aromatic N) is 1. The normalized spacial score (nSPS) is 15.9. The fraction of sp³-hybridized carbons (Fsp3) is 0.533. The number of amides is 2. The average molecular weight is 291 g/mol. The molecular weight excluding hydrogens is 270 g/mol.